The highest BCUT2D eigenvalue weighted by Crippen LogP contribution is 2.43. The van der Waals surface area contributed by atoms with E-state index in [4.69, 9.17) is 0 Å². The molecule has 6 fully saturated rings. The Bertz CT molecular complexity index is 1640. The van der Waals surface area contributed by atoms with Gasteiger partial charge in [-0.15, -0.1) is 0 Å². The molecule has 2 aromatic rings. The maximum absolute atomic E-state index is 4.31. The monoisotopic (exact) mass is 707 g/mol. The Hall–Kier alpha value is -2.78. The van der Waals surface area contributed by atoms with Gasteiger partial charge in [0, 0.05) is 45.6 Å². The third kappa shape index (κ3) is 6.86. The summed E-state index contributed by atoms with van der Waals surface area (Å²) in [5, 5.41) is 11.4. The quantitative estimate of drug-likeness (QED) is 0.372. The van der Waals surface area contributed by atoms with Gasteiger partial charge in [0.1, 0.15) is 0 Å². The van der Waals surface area contributed by atoms with Crippen molar-refractivity contribution in [2.45, 2.75) is 89.1 Å². The van der Waals surface area contributed by atoms with Gasteiger partial charge in [0.15, 0.2) is 0 Å². The molecule has 9 rings (SSSR count). The lowest BCUT2D eigenvalue weighted by Crippen LogP contribution is -2.39. The number of nitrogens with one attached hydrogen (secondary N) is 4. The van der Waals surface area contributed by atoms with E-state index >= 15 is 0 Å². The minimum Gasteiger partial charge on any atom is -0.381 e. The first-order valence-corrected chi connectivity index (χ1v) is 21.2. The van der Waals surface area contributed by atoms with Gasteiger partial charge in [0.25, 0.3) is 0 Å². The molecule has 8 nitrogen and oxygen atoms in total. The summed E-state index contributed by atoms with van der Waals surface area (Å²) >= 11 is 0. The summed E-state index contributed by atoms with van der Waals surface area (Å²) in [5.41, 5.74) is 12.3. The molecule has 0 aliphatic carbocycles. The van der Waals surface area contributed by atoms with Crippen molar-refractivity contribution in [3.8, 4) is 0 Å². The van der Waals surface area contributed by atoms with Gasteiger partial charge in [-0.2, -0.15) is 0 Å². The van der Waals surface area contributed by atoms with Crippen molar-refractivity contribution in [1.29, 1.82) is 0 Å². The van der Waals surface area contributed by atoms with E-state index in [0.29, 0.717) is 35.8 Å². The number of allylic oxidation sites excluding steroid dienone is 4. The standard InChI is InChI=1S/C44H66N8/c1-49-21-13-29(14-22-49)41-33-5-7-35(45-33)42(30-15-23-50(2)24-16-30)37-9-11-39(47-37)44(32-19-27-52(4)28-20-32)40-12-10-38(48-40)43(36-8-6-34(41)46-36)31-17-25-51(3)26-18-31/h5,7,10,12,29-32,34,37,45-48H,6,8-9,11,13-28H2,1-4H3/b41-33-,42-35-,43-36-,44-39-. The van der Waals surface area contributed by atoms with Crippen molar-refractivity contribution in [3.05, 3.63) is 57.7 Å². The van der Waals surface area contributed by atoms with Crippen molar-refractivity contribution in [3.63, 3.8) is 0 Å². The summed E-state index contributed by atoms with van der Waals surface area (Å²) in [6, 6.07) is 10.7. The summed E-state index contributed by atoms with van der Waals surface area (Å²) < 4.78 is 0. The first kappa shape index (κ1) is 35.0. The zero-order valence-corrected chi connectivity index (χ0v) is 32.7. The molecule has 9 heterocycles. The Morgan fingerprint density at radius 1 is 0.423 bits per heavy atom. The molecule has 282 valence electrons. The number of piperidine rings is 4. The Balaban J connectivity index is 1.23. The highest BCUT2D eigenvalue weighted by Gasteiger charge is 2.37. The summed E-state index contributed by atoms with van der Waals surface area (Å²) in [6.07, 6.45) is 14.6. The molecule has 0 radical (unpaired) electrons. The molecule has 0 aromatic carbocycles. The molecule has 0 amide bonds. The third-order valence-electron chi connectivity index (χ3n) is 14.6. The maximum atomic E-state index is 4.31. The van der Waals surface area contributed by atoms with E-state index in [1.165, 1.54) is 150 Å². The summed E-state index contributed by atoms with van der Waals surface area (Å²) in [4.78, 5) is 18.5. The van der Waals surface area contributed by atoms with Gasteiger partial charge < -0.3 is 40.2 Å². The zero-order chi connectivity index (χ0) is 35.3. The second-order valence-corrected chi connectivity index (χ2v) is 18.0. The largest absolute Gasteiger partial charge is 0.381 e. The number of rotatable bonds is 4. The van der Waals surface area contributed by atoms with E-state index in [9.17, 15) is 0 Å². The predicted octanol–water partition coefficient (Wildman–Crippen LogP) is 4.65. The van der Waals surface area contributed by atoms with Crippen molar-refractivity contribution in [2.24, 2.45) is 23.7 Å². The van der Waals surface area contributed by atoms with E-state index in [0.717, 1.165) is 12.8 Å². The molecule has 2 atom stereocenters. The average Bonchev–Trinajstić information content (AvgIpc) is 3.99. The Kier molecular flexibility index (Phi) is 9.95. The number of H-pyrrole nitrogens is 2. The van der Waals surface area contributed by atoms with Crippen molar-refractivity contribution in [1.82, 2.24) is 40.2 Å². The fourth-order valence-corrected chi connectivity index (χ4v) is 11.5. The van der Waals surface area contributed by atoms with Crippen LogP contribution in [-0.2, 0) is 0 Å². The van der Waals surface area contributed by atoms with E-state index < -0.39 is 0 Å². The molecule has 7 aliphatic heterocycles. The number of hydrogen-bond acceptors (Lipinski definition) is 6. The van der Waals surface area contributed by atoms with Crippen LogP contribution >= 0.6 is 0 Å². The van der Waals surface area contributed by atoms with E-state index in [1.807, 2.05) is 0 Å². The topological polar surface area (TPSA) is 68.6 Å². The SMILES string of the molecule is CN1CCC(/C2=C3\CCC(N3)/C(C3CCN(C)CC3)=c3/cc/c([nH]3)=C(\C3CCN(C)CC3)C3CC/C(=C(\C4CCN(C)CC4)c4ccc2[nH]4)N3)CC1. The molecule has 0 saturated carbocycles. The van der Waals surface area contributed by atoms with Crippen LogP contribution in [0.15, 0.2) is 35.7 Å². The normalized spacial score (nSPS) is 33.8. The summed E-state index contributed by atoms with van der Waals surface area (Å²) in [5.74, 6) is 2.41. The predicted molar refractivity (Wildman–Crippen MR) is 215 cm³/mol. The molecule has 4 N–H and O–H groups in total. The van der Waals surface area contributed by atoms with Gasteiger partial charge in [-0.05, 0) is 228 Å². The lowest BCUT2D eigenvalue weighted by atomic mass is 9.84. The molecule has 2 unspecified atom stereocenters. The smallest absolute Gasteiger partial charge is 0.0500 e. The second kappa shape index (κ2) is 14.8. The number of likely N-dealkylation sites (tertiary alicyclic amines) is 4. The highest BCUT2D eigenvalue weighted by atomic mass is 15.1. The Morgan fingerprint density at radius 2 is 0.769 bits per heavy atom. The number of hydrogen-bond donors (Lipinski definition) is 4. The van der Waals surface area contributed by atoms with Gasteiger partial charge in [0.2, 0.25) is 0 Å². The van der Waals surface area contributed by atoms with E-state index in [1.54, 1.807) is 22.3 Å². The van der Waals surface area contributed by atoms with Crippen LogP contribution in [0.5, 0.6) is 0 Å². The fourth-order valence-electron chi connectivity index (χ4n) is 11.5. The molecule has 2 aromatic heterocycles. The number of nitrogens with zero attached hydrogens (tertiary/aromatic N) is 4. The lowest BCUT2D eigenvalue weighted by Gasteiger charge is -2.34. The number of aromatic amines is 2. The first-order valence-electron chi connectivity index (χ1n) is 21.2. The first-order chi connectivity index (χ1) is 25.4. The van der Waals surface area contributed by atoms with Gasteiger partial charge >= 0.3 is 0 Å². The molecular formula is C44H66N8. The number of fused-ring (bicyclic) bond motifs is 8. The fraction of sp³-hybridized carbons (Fsp3) is 0.682. The van der Waals surface area contributed by atoms with Crippen LogP contribution in [-0.4, -0.2) is 122 Å². The Labute approximate surface area is 312 Å². The molecular weight excluding hydrogens is 641 g/mol. The molecule has 8 heteroatoms. The molecule has 8 bridgehead atoms. The van der Waals surface area contributed by atoms with E-state index in [2.05, 4.69) is 92.7 Å². The highest BCUT2D eigenvalue weighted by molar-refractivity contribution is 5.75. The van der Waals surface area contributed by atoms with Crippen molar-refractivity contribution in [2.75, 3.05) is 80.5 Å². The second-order valence-electron chi connectivity index (χ2n) is 18.0. The van der Waals surface area contributed by atoms with Crippen LogP contribution in [0.1, 0.15) is 88.4 Å². The summed E-state index contributed by atoms with van der Waals surface area (Å²) in [7, 11) is 9.21. The van der Waals surface area contributed by atoms with E-state index in [-0.39, 0.29) is 0 Å². The molecule has 6 saturated heterocycles. The van der Waals surface area contributed by atoms with Crippen molar-refractivity contribution >= 4 is 22.3 Å². The van der Waals surface area contributed by atoms with Gasteiger partial charge in [-0.3, -0.25) is 0 Å². The van der Waals surface area contributed by atoms with Crippen LogP contribution in [0.4, 0.5) is 0 Å². The van der Waals surface area contributed by atoms with Crippen LogP contribution in [0.25, 0.3) is 22.3 Å². The minimum atomic E-state index is 0.385. The van der Waals surface area contributed by atoms with Gasteiger partial charge in [-0.25, -0.2) is 0 Å². The maximum Gasteiger partial charge on any atom is 0.0500 e. The van der Waals surface area contributed by atoms with Gasteiger partial charge in [0.05, 0.1) is 0 Å². The summed E-state index contributed by atoms with van der Waals surface area (Å²) in [6.45, 7) is 9.50. The van der Waals surface area contributed by atoms with Crippen molar-refractivity contribution < 1.29 is 0 Å². The Morgan fingerprint density at radius 3 is 1.13 bits per heavy atom. The van der Waals surface area contributed by atoms with Gasteiger partial charge in [-0.1, -0.05) is 0 Å². The molecule has 52 heavy (non-hydrogen) atoms. The minimum absolute atomic E-state index is 0.385. The van der Waals surface area contributed by atoms with Crippen LogP contribution in [0, 0.1) is 23.7 Å². The zero-order valence-electron chi connectivity index (χ0n) is 32.7. The number of aromatic nitrogens is 2. The lowest BCUT2D eigenvalue weighted by molar-refractivity contribution is 0.244. The molecule has 0 spiro atoms. The van der Waals surface area contributed by atoms with Crippen LogP contribution in [0.2, 0.25) is 0 Å². The van der Waals surface area contributed by atoms with Crippen LogP contribution < -0.4 is 21.3 Å². The third-order valence-corrected chi connectivity index (χ3v) is 14.6. The molecule has 7 aliphatic rings. The van der Waals surface area contributed by atoms with Crippen LogP contribution in [0.3, 0.4) is 0 Å². The average molecular weight is 707 g/mol.